The molecule has 1 aromatic rings. The number of hydrogen-bond acceptors (Lipinski definition) is 3. The third-order valence-corrected chi connectivity index (χ3v) is 2.84. The molecule has 96 valence electrons. The Morgan fingerprint density at radius 2 is 2.12 bits per heavy atom. The van der Waals surface area contributed by atoms with Crippen molar-refractivity contribution in [2.24, 2.45) is 5.92 Å². The van der Waals surface area contributed by atoms with Gasteiger partial charge in [-0.25, -0.2) is 0 Å². The van der Waals surface area contributed by atoms with Gasteiger partial charge in [0.15, 0.2) is 0 Å². The van der Waals surface area contributed by atoms with Crippen LogP contribution in [0.3, 0.4) is 0 Å². The molecule has 1 atom stereocenters. The zero-order valence-electron chi connectivity index (χ0n) is 11.3. The maximum Gasteiger partial charge on any atom is 0.0895 e. The van der Waals surface area contributed by atoms with Gasteiger partial charge in [-0.2, -0.15) is 0 Å². The predicted molar refractivity (Wildman–Crippen MR) is 70.9 cm³/mol. The number of pyridine rings is 1. The number of aromatic nitrogens is 1. The SMILES string of the molecule is Cc1cncc(C(C)(O)CCNCC(C)C)c1. The molecule has 0 amide bonds. The first-order valence-electron chi connectivity index (χ1n) is 6.27. The minimum absolute atomic E-state index is 0.639. The molecular formula is C14H24N2O. The summed E-state index contributed by atoms with van der Waals surface area (Å²) in [7, 11) is 0. The van der Waals surface area contributed by atoms with Gasteiger partial charge in [-0.1, -0.05) is 19.9 Å². The standard InChI is InChI=1S/C14H24N2O/c1-11(2)8-15-6-5-14(4,17)13-7-12(3)9-16-10-13/h7,9-11,15,17H,5-6,8H2,1-4H3. The van der Waals surface area contributed by atoms with E-state index in [9.17, 15) is 5.11 Å². The molecule has 0 saturated carbocycles. The predicted octanol–water partition coefficient (Wildman–Crippen LogP) is 2.23. The van der Waals surface area contributed by atoms with Crippen LogP contribution < -0.4 is 5.32 Å². The van der Waals surface area contributed by atoms with Crippen LogP contribution in [-0.2, 0) is 5.60 Å². The molecule has 3 heteroatoms. The van der Waals surface area contributed by atoms with Gasteiger partial charge in [0.05, 0.1) is 5.60 Å². The number of aryl methyl sites for hydroxylation is 1. The van der Waals surface area contributed by atoms with Crippen molar-refractivity contribution < 1.29 is 5.11 Å². The fourth-order valence-electron chi connectivity index (χ4n) is 1.72. The van der Waals surface area contributed by atoms with Crippen molar-refractivity contribution in [3.63, 3.8) is 0 Å². The van der Waals surface area contributed by atoms with Gasteiger partial charge in [0.25, 0.3) is 0 Å². The number of rotatable bonds is 6. The average molecular weight is 236 g/mol. The Balaban J connectivity index is 2.50. The summed E-state index contributed by atoms with van der Waals surface area (Å²) in [5, 5.41) is 13.7. The van der Waals surface area contributed by atoms with E-state index in [1.165, 1.54) is 0 Å². The molecule has 0 saturated heterocycles. The quantitative estimate of drug-likeness (QED) is 0.745. The van der Waals surface area contributed by atoms with E-state index in [4.69, 9.17) is 0 Å². The third kappa shape index (κ3) is 4.84. The van der Waals surface area contributed by atoms with E-state index in [2.05, 4.69) is 24.1 Å². The van der Waals surface area contributed by atoms with Crippen molar-refractivity contribution >= 4 is 0 Å². The zero-order valence-corrected chi connectivity index (χ0v) is 11.3. The van der Waals surface area contributed by atoms with Gasteiger partial charge < -0.3 is 10.4 Å². The molecule has 1 heterocycles. The fourth-order valence-corrected chi connectivity index (χ4v) is 1.72. The van der Waals surface area contributed by atoms with Crippen molar-refractivity contribution in [3.05, 3.63) is 29.6 Å². The number of nitrogens with zero attached hydrogens (tertiary/aromatic N) is 1. The van der Waals surface area contributed by atoms with Crippen molar-refractivity contribution in [1.29, 1.82) is 0 Å². The highest BCUT2D eigenvalue weighted by molar-refractivity contribution is 5.22. The van der Waals surface area contributed by atoms with Crippen LogP contribution in [0.4, 0.5) is 0 Å². The molecule has 1 rings (SSSR count). The molecule has 0 fully saturated rings. The third-order valence-electron chi connectivity index (χ3n) is 2.84. The molecule has 0 radical (unpaired) electrons. The average Bonchev–Trinajstić information content (AvgIpc) is 2.24. The Kier molecular flexibility index (Phi) is 5.09. The van der Waals surface area contributed by atoms with E-state index >= 15 is 0 Å². The van der Waals surface area contributed by atoms with Gasteiger partial charge in [-0.15, -0.1) is 0 Å². The monoisotopic (exact) mass is 236 g/mol. The first kappa shape index (κ1) is 14.1. The minimum Gasteiger partial charge on any atom is -0.385 e. The van der Waals surface area contributed by atoms with Crippen molar-refractivity contribution in [3.8, 4) is 0 Å². The van der Waals surface area contributed by atoms with Gasteiger partial charge in [0.1, 0.15) is 0 Å². The van der Waals surface area contributed by atoms with Crippen molar-refractivity contribution in [2.75, 3.05) is 13.1 Å². The lowest BCUT2D eigenvalue weighted by atomic mass is 9.93. The summed E-state index contributed by atoms with van der Waals surface area (Å²) in [5.74, 6) is 0.639. The van der Waals surface area contributed by atoms with E-state index in [0.29, 0.717) is 12.3 Å². The maximum absolute atomic E-state index is 10.4. The summed E-state index contributed by atoms with van der Waals surface area (Å²) >= 11 is 0. The van der Waals surface area contributed by atoms with Crippen LogP contribution >= 0.6 is 0 Å². The lowest BCUT2D eigenvalue weighted by Crippen LogP contribution is -2.29. The first-order valence-corrected chi connectivity index (χ1v) is 6.27. The summed E-state index contributed by atoms with van der Waals surface area (Å²) in [6.45, 7) is 10.00. The van der Waals surface area contributed by atoms with Crippen LogP contribution in [0.2, 0.25) is 0 Å². The molecule has 17 heavy (non-hydrogen) atoms. The molecule has 0 aliphatic carbocycles. The van der Waals surface area contributed by atoms with Gasteiger partial charge in [0.2, 0.25) is 0 Å². The Bertz CT molecular complexity index is 348. The van der Waals surface area contributed by atoms with Crippen LogP contribution in [-0.4, -0.2) is 23.2 Å². The number of nitrogens with one attached hydrogen (secondary N) is 1. The Hall–Kier alpha value is -0.930. The molecule has 0 aliphatic heterocycles. The highest BCUT2D eigenvalue weighted by atomic mass is 16.3. The van der Waals surface area contributed by atoms with Gasteiger partial charge >= 0.3 is 0 Å². The molecule has 0 aromatic carbocycles. The smallest absolute Gasteiger partial charge is 0.0895 e. The van der Waals surface area contributed by atoms with E-state index in [0.717, 1.165) is 24.2 Å². The van der Waals surface area contributed by atoms with E-state index in [-0.39, 0.29) is 0 Å². The Morgan fingerprint density at radius 1 is 1.41 bits per heavy atom. The van der Waals surface area contributed by atoms with Crippen LogP contribution in [0.15, 0.2) is 18.5 Å². The Labute approximate surface area is 104 Å². The number of hydrogen-bond donors (Lipinski definition) is 2. The second-order valence-electron chi connectivity index (χ2n) is 5.37. The normalized spacial score (nSPS) is 14.9. The molecule has 0 aliphatic rings. The van der Waals surface area contributed by atoms with Crippen LogP contribution in [0, 0.1) is 12.8 Å². The molecule has 1 aromatic heterocycles. The molecule has 0 bridgehead atoms. The van der Waals surface area contributed by atoms with Gasteiger partial charge in [0, 0.05) is 18.0 Å². The minimum atomic E-state index is -0.803. The molecule has 1 unspecified atom stereocenters. The van der Waals surface area contributed by atoms with Crippen LogP contribution in [0.5, 0.6) is 0 Å². The van der Waals surface area contributed by atoms with Crippen molar-refractivity contribution in [1.82, 2.24) is 10.3 Å². The Morgan fingerprint density at radius 3 is 2.71 bits per heavy atom. The van der Waals surface area contributed by atoms with E-state index in [1.54, 1.807) is 12.4 Å². The summed E-state index contributed by atoms with van der Waals surface area (Å²) in [4.78, 5) is 4.13. The highest BCUT2D eigenvalue weighted by Crippen LogP contribution is 2.23. The van der Waals surface area contributed by atoms with E-state index in [1.807, 2.05) is 19.9 Å². The van der Waals surface area contributed by atoms with E-state index < -0.39 is 5.60 Å². The summed E-state index contributed by atoms with van der Waals surface area (Å²) in [5.41, 5.74) is 1.17. The van der Waals surface area contributed by atoms with Gasteiger partial charge in [-0.05, 0) is 44.8 Å². The summed E-state index contributed by atoms with van der Waals surface area (Å²) in [6, 6.07) is 2.00. The second-order valence-corrected chi connectivity index (χ2v) is 5.37. The topological polar surface area (TPSA) is 45.2 Å². The van der Waals surface area contributed by atoms with Crippen molar-refractivity contribution in [2.45, 2.75) is 39.7 Å². The fraction of sp³-hybridized carbons (Fsp3) is 0.643. The zero-order chi connectivity index (χ0) is 12.9. The summed E-state index contributed by atoms with van der Waals surface area (Å²) in [6.07, 6.45) is 4.25. The molecule has 2 N–H and O–H groups in total. The van der Waals surface area contributed by atoms with Gasteiger partial charge in [-0.3, -0.25) is 4.98 Å². The van der Waals surface area contributed by atoms with Crippen LogP contribution in [0.25, 0.3) is 0 Å². The second kappa shape index (κ2) is 6.12. The highest BCUT2D eigenvalue weighted by Gasteiger charge is 2.22. The summed E-state index contributed by atoms with van der Waals surface area (Å²) < 4.78 is 0. The van der Waals surface area contributed by atoms with Crippen LogP contribution in [0.1, 0.15) is 38.3 Å². The largest absolute Gasteiger partial charge is 0.385 e. The molecule has 0 spiro atoms. The lowest BCUT2D eigenvalue weighted by molar-refractivity contribution is 0.0474. The first-order chi connectivity index (χ1) is 7.92. The number of aliphatic hydroxyl groups is 1. The maximum atomic E-state index is 10.4. The lowest BCUT2D eigenvalue weighted by Gasteiger charge is -2.24. The molecular weight excluding hydrogens is 212 g/mol. The molecule has 3 nitrogen and oxygen atoms in total.